The lowest BCUT2D eigenvalue weighted by Crippen LogP contribution is -2.05. The number of hydrogen-bond acceptors (Lipinski definition) is 7. The first-order valence-electron chi connectivity index (χ1n) is 4.32. The van der Waals surface area contributed by atoms with E-state index in [4.69, 9.17) is 4.74 Å². The summed E-state index contributed by atoms with van der Waals surface area (Å²) in [4.78, 5) is 8.16. The molecule has 0 saturated carbocycles. The van der Waals surface area contributed by atoms with Crippen LogP contribution in [-0.4, -0.2) is 37.7 Å². The molecule has 0 fully saturated rings. The maximum Gasteiger partial charge on any atom is 0.232 e. The lowest BCUT2D eigenvalue weighted by atomic mass is 10.6. The minimum atomic E-state index is 0.390. The number of hydrogen-bond donors (Lipinski definition) is 2. The van der Waals surface area contributed by atoms with Gasteiger partial charge in [0.2, 0.25) is 11.8 Å². The third kappa shape index (κ3) is 2.42. The standard InChI is InChI=1S/C7H8BrN7O/c1-16-6-4(8)2-9-7(11-6)10-3-5-12-14-15-13-5/h2H,3H2,1H3,(H,9,10,11)(H,12,13,14,15). The van der Waals surface area contributed by atoms with Gasteiger partial charge >= 0.3 is 0 Å². The smallest absolute Gasteiger partial charge is 0.232 e. The first-order valence-corrected chi connectivity index (χ1v) is 5.11. The van der Waals surface area contributed by atoms with Crippen LogP contribution in [0, 0.1) is 0 Å². The molecule has 0 unspecified atom stereocenters. The first-order chi connectivity index (χ1) is 7.79. The molecule has 0 aliphatic carbocycles. The van der Waals surface area contributed by atoms with Gasteiger partial charge in [0.15, 0.2) is 5.82 Å². The van der Waals surface area contributed by atoms with E-state index in [0.29, 0.717) is 28.7 Å². The van der Waals surface area contributed by atoms with Gasteiger partial charge in [-0.3, -0.25) is 0 Å². The Balaban J connectivity index is 2.04. The van der Waals surface area contributed by atoms with Crippen molar-refractivity contribution in [3.05, 3.63) is 16.5 Å². The van der Waals surface area contributed by atoms with Gasteiger partial charge in [0.05, 0.1) is 24.3 Å². The van der Waals surface area contributed by atoms with E-state index < -0.39 is 0 Å². The Labute approximate surface area is 99.0 Å². The van der Waals surface area contributed by atoms with E-state index in [1.165, 1.54) is 7.11 Å². The Morgan fingerprint density at radius 1 is 1.56 bits per heavy atom. The molecule has 0 bridgehead atoms. The van der Waals surface area contributed by atoms with Crippen LogP contribution in [0.25, 0.3) is 0 Å². The Morgan fingerprint density at radius 3 is 3.12 bits per heavy atom. The molecule has 2 N–H and O–H groups in total. The minimum Gasteiger partial charge on any atom is -0.480 e. The summed E-state index contributed by atoms with van der Waals surface area (Å²) in [6, 6.07) is 0. The minimum absolute atomic E-state index is 0.390. The molecule has 0 saturated heterocycles. The summed E-state index contributed by atoms with van der Waals surface area (Å²) >= 11 is 3.26. The molecule has 2 heterocycles. The van der Waals surface area contributed by atoms with Gasteiger partial charge in [0.25, 0.3) is 0 Å². The van der Waals surface area contributed by atoms with Crippen molar-refractivity contribution in [2.45, 2.75) is 6.54 Å². The van der Waals surface area contributed by atoms with Gasteiger partial charge in [-0.25, -0.2) is 4.98 Å². The number of ether oxygens (including phenoxy) is 1. The van der Waals surface area contributed by atoms with Crippen molar-refractivity contribution < 1.29 is 4.74 Å². The molecule has 0 aromatic carbocycles. The third-order valence-electron chi connectivity index (χ3n) is 1.70. The number of rotatable bonds is 4. The Bertz CT molecular complexity index is 460. The van der Waals surface area contributed by atoms with Crippen molar-refractivity contribution in [1.29, 1.82) is 0 Å². The van der Waals surface area contributed by atoms with Crippen LogP contribution in [0.3, 0.4) is 0 Å². The van der Waals surface area contributed by atoms with Crippen molar-refractivity contribution in [3.63, 3.8) is 0 Å². The molecule has 0 aliphatic heterocycles. The number of nitrogens with zero attached hydrogens (tertiary/aromatic N) is 5. The first kappa shape index (κ1) is 10.7. The highest BCUT2D eigenvalue weighted by Crippen LogP contribution is 2.21. The predicted octanol–water partition coefficient (Wildman–Crippen LogP) is 0.373. The third-order valence-corrected chi connectivity index (χ3v) is 2.24. The van der Waals surface area contributed by atoms with Gasteiger partial charge in [-0.05, 0) is 15.9 Å². The second kappa shape index (κ2) is 4.84. The highest BCUT2D eigenvalue weighted by Gasteiger charge is 2.05. The van der Waals surface area contributed by atoms with Crippen molar-refractivity contribution in [3.8, 4) is 5.88 Å². The number of nitrogens with one attached hydrogen (secondary N) is 2. The van der Waals surface area contributed by atoms with Gasteiger partial charge in [-0.2, -0.15) is 10.2 Å². The van der Waals surface area contributed by atoms with E-state index in [0.717, 1.165) is 0 Å². The molecule has 0 aliphatic rings. The van der Waals surface area contributed by atoms with Gasteiger partial charge in [-0.1, -0.05) is 5.21 Å². The number of aromatic nitrogens is 6. The second-order valence-electron chi connectivity index (χ2n) is 2.73. The maximum absolute atomic E-state index is 5.03. The molecule has 8 nitrogen and oxygen atoms in total. The van der Waals surface area contributed by atoms with E-state index in [1.54, 1.807) is 6.20 Å². The van der Waals surface area contributed by atoms with Crippen molar-refractivity contribution in [1.82, 2.24) is 30.6 Å². The fraction of sp³-hybridized carbons (Fsp3) is 0.286. The fourth-order valence-corrected chi connectivity index (χ4v) is 1.35. The lowest BCUT2D eigenvalue weighted by Gasteiger charge is -2.05. The summed E-state index contributed by atoms with van der Waals surface area (Å²) in [7, 11) is 1.54. The second-order valence-corrected chi connectivity index (χ2v) is 3.59. The Morgan fingerprint density at radius 2 is 2.44 bits per heavy atom. The zero-order valence-electron chi connectivity index (χ0n) is 8.31. The maximum atomic E-state index is 5.03. The van der Waals surface area contributed by atoms with E-state index in [1.807, 2.05) is 0 Å². The number of halogens is 1. The van der Waals surface area contributed by atoms with Crippen molar-refractivity contribution in [2.75, 3.05) is 12.4 Å². The van der Waals surface area contributed by atoms with Gasteiger partial charge in [-0.15, -0.1) is 10.2 Å². The van der Waals surface area contributed by atoms with Crippen LogP contribution >= 0.6 is 15.9 Å². The molecule has 2 aromatic heterocycles. The van der Waals surface area contributed by atoms with E-state index in [2.05, 4.69) is 51.8 Å². The van der Waals surface area contributed by atoms with Gasteiger partial charge < -0.3 is 10.1 Å². The van der Waals surface area contributed by atoms with Gasteiger partial charge in [0, 0.05) is 0 Å². The van der Waals surface area contributed by atoms with E-state index in [-0.39, 0.29) is 0 Å². The highest BCUT2D eigenvalue weighted by atomic mass is 79.9. The van der Waals surface area contributed by atoms with Crippen LogP contribution in [0.15, 0.2) is 10.7 Å². The normalized spacial score (nSPS) is 10.1. The van der Waals surface area contributed by atoms with E-state index >= 15 is 0 Å². The molecular formula is C7H8BrN7O. The van der Waals surface area contributed by atoms with Crippen LogP contribution in [0.5, 0.6) is 5.88 Å². The van der Waals surface area contributed by atoms with Gasteiger partial charge in [0.1, 0.15) is 0 Å². The molecule has 0 amide bonds. The average Bonchev–Trinajstić information content (AvgIpc) is 2.81. The number of anilines is 1. The van der Waals surface area contributed by atoms with Crippen LogP contribution in [0.1, 0.15) is 5.82 Å². The summed E-state index contributed by atoms with van der Waals surface area (Å²) in [5.74, 6) is 1.43. The largest absolute Gasteiger partial charge is 0.480 e. The predicted molar refractivity (Wildman–Crippen MR) is 57.8 cm³/mol. The molecule has 2 rings (SSSR count). The molecule has 0 spiro atoms. The SMILES string of the molecule is COc1nc(NCc2nn[nH]n2)ncc1Br. The molecule has 84 valence electrons. The molecule has 2 aromatic rings. The molecular weight excluding hydrogens is 278 g/mol. The molecule has 0 radical (unpaired) electrons. The summed E-state index contributed by atoms with van der Waals surface area (Å²) in [6.45, 7) is 0.390. The van der Waals surface area contributed by atoms with Crippen molar-refractivity contribution >= 4 is 21.9 Å². The summed E-state index contributed by atoms with van der Waals surface area (Å²) in [5.41, 5.74) is 0. The number of methoxy groups -OCH3 is 1. The fourth-order valence-electron chi connectivity index (χ4n) is 0.995. The summed E-state index contributed by atoms with van der Waals surface area (Å²) in [6.07, 6.45) is 1.60. The van der Waals surface area contributed by atoms with Crippen LogP contribution in [-0.2, 0) is 6.54 Å². The molecule has 9 heteroatoms. The number of tetrazole rings is 1. The summed E-state index contributed by atoms with van der Waals surface area (Å²) in [5, 5.41) is 16.3. The average molecular weight is 286 g/mol. The zero-order valence-corrected chi connectivity index (χ0v) is 9.89. The highest BCUT2D eigenvalue weighted by molar-refractivity contribution is 9.10. The van der Waals surface area contributed by atoms with E-state index in [9.17, 15) is 0 Å². The van der Waals surface area contributed by atoms with Crippen molar-refractivity contribution in [2.24, 2.45) is 0 Å². The monoisotopic (exact) mass is 285 g/mol. The number of aromatic amines is 1. The molecule has 0 atom stereocenters. The Hall–Kier alpha value is -1.77. The van der Waals surface area contributed by atoms with Crippen LogP contribution in [0.4, 0.5) is 5.95 Å². The quantitative estimate of drug-likeness (QED) is 0.837. The molecule has 16 heavy (non-hydrogen) atoms. The lowest BCUT2D eigenvalue weighted by molar-refractivity contribution is 0.394. The van der Waals surface area contributed by atoms with Crippen LogP contribution in [0.2, 0.25) is 0 Å². The Kier molecular flexibility index (Phi) is 3.25. The zero-order chi connectivity index (χ0) is 11.4. The topological polar surface area (TPSA) is 102 Å². The number of H-pyrrole nitrogens is 1. The van der Waals surface area contributed by atoms with Crippen LogP contribution < -0.4 is 10.1 Å². The summed E-state index contributed by atoms with van der Waals surface area (Å²) < 4.78 is 5.73.